The summed E-state index contributed by atoms with van der Waals surface area (Å²) in [6, 6.07) is 13.2. The first-order valence-electron chi connectivity index (χ1n) is 6.78. The summed E-state index contributed by atoms with van der Waals surface area (Å²) in [6.45, 7) is 3.71. The monoisotopic (exact) mass is 318 g/mol. The van der Waals surface area contributed by atoms with Gasteiger partial charge in [-0.2, -0.15) is 0 Å². The maximum atomic E-state index is 12.2. The molecule has 0 fully saturated rings. The van der Waals surface area contributed by atoms with E-state index in [2.05, 4.69) is 5.32 Å². The van der Waals surface area contributed by atoms with Crippen molar-refractivity contribution in [3.63, 3.8) is 0 Å². The van der Waals surface area contributed by atoms with E-state index in [0.29, 0.717) is 5.56 Å². The molecule has 0 aliphatic carbocycles. The average Bonchev–Trinajstić information content (AvgIpc) is 2.46. The molecule has 0 aromatic heterocycles. The number of hydrogen-bond donors (Lipinski definition) is 2. The number of aryl methyl sites for hydroxylation is 1. The van der Waals surface area contributed by atoms with E-state index >= 15 is 0 Å². The number of nitrogens with one attached hydrogen (secondary N) is 1. The van der Waals surface area contributed by atoms with Crippen LogP contribution in [0.1, 0.15) is 34.5 Å². The maximum absolute atomic E-state index is 12.2. The van der Waals surface area contributed by atoms with Crippen LogP contribution in [0.5, 0.6) is 0 Å². The Labute approximate surface area is 130 Å². The van der Waals surface area contributed by atoms with E-state index in [1.165, 1.54) is 12.1 Å². The molecule has 0 spiro atoms. The van der Waals surface area contributed by atoms with Gasteiger partial charge in [0.05, 0.1) is 10.9 Å². The molecule has 0 saturated carbocycles. The highest BCUT2D eigenvalue weighted by Gasteiger charge is 2.14. The second kappa shape index (κ2) is 6.29. The largest absolute Gasteiger partial charge is 0.346 e. The molecule has 2 aromatic carbocycles. The normalized spacial score (nSPS) is 12.7. The van der Waals surface area contributed by atoms with Crippen LogP contribution >= 0.6 is 0 Å². The minimum absolute atomic E-state index is 0.0497. The zero-order chi connectivity index (χ0) is 16.3. The standard InChI is InChI=1S/C16H18N2O3S/c1-11-5-3-4-6-15(11)16(19)18-12(2)13-7-9-14(10-8-13)22(17,20)21/h3-10,12H,1-2H3,(H,18,19)(H2,17,20,21). The highest BCUT2D eigenvalue weighted by atomic mass is 32.2. The lowest BCUT2D eigenvalue weighted by Crippen LogP contribution is -2.27. The van der Waals surface area contributed by atoms with Gasteiger partial charge in [-0.15, -0.1) is 0 Å². The number of benzene rings is 2. The van der Waals surface area contributed by atoms with Gasteiger partial charge in [0.25, 0.3) is 5.91 Å². The summed E-state index contributed by atoms with van der Waals surface area (Å²) in [7, 11) is -3.70. The van der Waals surface area contributed by atoms with Crippen molar-refractivity contribution in [3.8, 4) is 0 Å². The van der Waals surface area contributed by atoms with E-state index in [4.69, 9.17) is 5.14 Å². The smallest absolute Gasteiger partial charge is 0.252 e. The molecular weight excluding hydrogens is 300 g/mol. The SMILES string of the molecule is Cc1ccccc1C(=O)NC(C)c1ccc(S(N)(=O)=O)cc1. The predicted molar refractivity (Wildman–Crippen MR) is 84.9 cm³/mol. The minimum atomic E-state index is -3.70. The molecule has 0 radical (unpaired) electrons. The summed E-state index contributed by atoms with van der Waals surface area (Å²) in [5.74, 6) is -0.166. The van der Waals surface area contributed by atoms with Crippen LogP contribution in [0.15, 0.2) is 53.4 Å². The Hall–Kier alpha value is -2.18. The molecule has 116 valence electrons. The van der Waals surface area contributed by atoms with Crippen LogP contribution in [0.25, 0.3) is 0 Å². The van der Waals surface area contributed by atoms with Gasteiger partial charge >= 0.3 is 0 Å². The Bertz CT molecular complexity index is 783. The molecule has 5 nitrogen and oxygen atoms in total. The second-order valence-corrected chi connectivity index (χ2v) is 6.69. The van der Waals surface area contributed by atoms with Crippen LogP contribution < -0.4 is 10.5 Å². The van der Waals surface area contributed by atoms with Gasteiger partial charge in [0, 0.05) is 5.56 Å². The number of primary sulfonamides is 1. The van der Waals surface area contributed by atoms with Gasteiger partial charge in [-0.3, -0.25) is 4.79 Å². The van der Waals surface area contributed by atoms with Gasteiger partial charge in [-0.25, -0.2) is 13.6 Å². The number of amides is 1. The zero-order valence-corrected chi connectivity index (χ0v) is 13.2. The number of nitrogens with two attached hydrogens (primary N) is 1. The summed E-state index contributed by atoms with van der Waals surface area (Å²) >= 11 is 0. The van der Waals surface area contributed by atoms with Crippen molar-refractivity contribution in [2.24, 2.45) is 5.14 Å². The number of carbonyl (C=O) groups excluding carboxylic acids is 1. The molecule has 1 atom stereocenters. The summed E-state index contributed by atoms with van der Waals surface area (Å²) < 4.78 is 22.4. The first-order chi connectivity index (χ1) is 10.3. The van der Waals surface area contributed by atoms with Gasteiger partial charge in [-0.05, 0) is 43.2 Å². The molecule has 6 heteroatoms. The quantitative estimate of drug-likeness (QED) is 0.905. The first-order valence-corrected chi connectivity index (χ1v) is 8.33. The van der Waals surface area contributed by atoms with Crippen molar-refractivity contribution in [3.05, 3.63) is 65.2 Å². The Balaban J connectivity index is 2.14. The first kappa shape index (κ1) is 16.2. The Morgan fingerprint density at radius 1 is 1.09 bits per heavy atom. The van der Waals surface area contributed by atoms with Crippen LogP contribution in [0.2, 0.25) is 0 Å². The average molecular weight is 318 g/mol. The fraction of sp³-hybridized carbons (Fsp3) is 0.188. The molecule has 22 heavy (non-hydrogen) atoms. The Morgan fingerprint density at radius 2 is 1.68 bits per heavy atom. The summed E-state index contributed by atoms with van der Waals surface area (Å²) in [4.78, 5) is 12.3. The molecular formula is C16H18N2O3S. The number of rotatable bonds is 4. The molecule has 1 unspecified atom stereocenters. The van der Waals surface area contributed by atoms with Crippen molar-refractivity contribution in [2.75, 3.05) is 0 Å². The highest BCUT2D eigenvalue weighted by Crippen LogP contribution is 2.16. The van der Waals surface area contributed by atoms with E-state index in [0.717, 1.165) is 11.1 Å². The molecule has 0 bridgehead atoms. The lowest BCUT2D eigenvalue weighted by atomic mass is 10.1. The highest BCUT2D eigenvalue weighted by molar-refractivity contribution is 7.89. The summed E-state index contributed by atoms with van der Waals surface area (Å²) in [5.41, 5.74) is 2.32. The predicted octanol–water partition coefficient (Wildman–Crippen LogP) is 2.13. The van der Waals surface area contributed by atoms with Gasteiger partial charge in [0.2, 0.25) is 10.0 Å². The minimum Gasteiger partial charge on any atom is -0.346 e. The van der Waals surface area contributed by atoms with Gasteiger partial charge in [0.1, 0.15) is 0 Å². The Kier molecular flexibility index (Phi) is 4.63. The Morgan fingerprint density at radius 3 is 2.23 bits per heavy atom. The van der Waals surface area contributed by atoms with Crippen molar-refractivity contribution < 1.29 is 13.2 Å². The van der Waals surface area contributed by atoms with Crippen molar-refractivity contribution in [2.45, 2.75) is 24.8 Å². The van der Waals surface area contributed by atoms with E-state index in [9.17, 15) is 13.2 Å². The fourth-order valence-corrected chi connectivity index (χ4v) is 2.65. The van der Waals surface area contributed by atoms with E-state index in [1.54, 1.807) is 18.2 Å². The van der Waals surface area contributed by atoms with Gasteiger partial charge in [-0.1, -0.05) is 30.3 Å². The molecule has 1 amide bonds. The molecule has 0 aliphatic rings. The fourth-order valence-electron chi connectivity index (χ4n) is 2.13. The van der Waals surface area contributed by atoms with Crippen LogP contribution in [-0.2, 0) is 10.0 Å². The topological polar surface area (TPSA) is 89.3 Å². The van der Waals surface area contributed by atoms with E-state index in [1.807, 2.05) is 32.0 Å². The zero-order valence-electron chi connectivity index (χ0n) is 12.4. The van der Waals surface area contributed by atoms with Crippen LogP contribution in [0.3, 0.4) is 0 Å². The maximum Gasteiger partial charge on any atom is 0.252 e. The molecule has 0 aliphatic heterocycles. The molecule has 0 heterocycles. The number of hydrogen-bond acceptors (Lipinski definition) is 3. The molecule has 2 rings (SSSR count). The summed E-state index contributed by atoms with van der Waals surface area (Å²) in [5, 5.41) is 7.95. The number of carbonyl (C=O) groups is 1. The van der Waals surface area contributed by atoms with Gasteiger partial charge < -0.3 is 5.32 Å². The molecule has 2 aromatic rings. The van der Waals surface area contributed by atoms with Crippen molar-refractivity contribution >= 4 is 15.9 Å². The van der Waals surface area contributed by atoms with Crippen molar-refractivity contribution in [1.29, 1.82) is 0 Å². The third kappa shape index (κ3) is 3.72. The van der Waals surface area contributed by atoms with Crippen molar-refractivity contribution in [1.82, 2.24) is 5.32 Å². The lowest BCUT2D eigenvalue weighted by molar-refractivity contribution is 0.0939. The van der Waals surface area contributed by atoms with Gasteiger partial charge in [0.15, 0.2) is 0 Å². The number of sulfonamides is 1. The van der Waals surface area contributed by atoms with Crippen LogP contribution in [0.4, 0.5) is 0 Å². The third-order valence-electron chi connectivity index (χ3n) is 3.45. The third-order valence-corrected chi connectivity index (χ3v) is 4.38. The van der Waals surface area contributed by atoms with Crippen LogP contribution in [-0.4, -0.2) is 14.3 Å². The second-order valence-electron chi connectivity index (χ2n) is 5.12. The molecule has 0 saturated heterocycles. The lowest BCUT2D eigenvalue weighted by Gasteiger charge is -2.15. The molecule has 3 N–H and O–H groups in total. The van der Waals surface area contributed by atoms with Crippen LogP contribution in [0, 0.1) is 6.92 Å². The summed E-state index contributed by atoms with van der Waals surface area (Å²) in [6.07, 6.45) is 0. The van der Waals surface area contributed by atoms with E-state index < -0.39 is 10.0 Å². The van der Waals surface area contributed by atoms with E-state index in [-0.39, 0.29) is 16.8 Å².